The number of carbonyl (C=O) groups is 1. The summed E-state index contributed by atoms with van der Waals surface area (Å²) in [6, 6.07) is 6.25. The molecule has 6 heteroatoms. The van der Waals surface area contributed by atoms with E-state index in [0.717, 1.165) is 12.8 Å². The molecule has 0 spiro atoms. The number of hydrogen-bond acceptors (Lipinski definition) is 2. The summed E-state index contributed by atoms with van der Waals surface area (Å²) in [7, 11) is 0. The molecule has 0 bridgehead atoms. The normalized spacial score (nSPS) is 14.2. The Labute approximate surface area is 126 Å². The SMILES string of the molecule is Nc1c[nH]c(C(=O)N(Cc2c(F)cccc2Cl)C2CC2)c1. The van der Waals surface area contributed by atoms with Crippen molar-refractivity contribution in [1.29, 1.82) is 0 Å². The van der Waals surface area contributed by atoms with E-state index in [-0.39, 0.29) is 18.5 Å². The van der Waals surface area contributed by atoms with Crippen molar-refractivity contribution in [3.63, 3.8) is 0 Å². The van der Waals surface area contributed by atoms with Gasteiger partial charge in [-0.05, 0) is 31.0 Å². The van der Waals surface area contributed by atoms with E-state index in [4.69, 9.17) is 17.3 Å². The summed E-state index contributed by atoms with van der Waals surface area (Å²) >= 11 is 6.05. The Hall–Kier alpha value is -2.01. The van der Waals surface area contributed by atoms with Crippen LogP contribution in [0.25, 0.3) is 0 Å². The van der Waals surface area contributed by atoms with Gasteiger partial charge < -0.3 is 15.6 Å². The molecule has 1 aliphatic carbocycles. The lowest BCUT2D eigenvalue weighted by atomic mass is 10.2. The van der Waals surface area contributed by atoms with Crippen LogP contribution in [-0.2, 0) is 6.54 Å². The highest BCUT2D eigenvalue weighted by Crippen LogP contribution is 2.32. The van der Waals surface area contributed by atoms with E-state index in [2.05, 4.69) is 4.98 Å². The van der Waals surface area contributed by atoms with Crippen LogP contribution in [0.3, 0.4) is 0 Å². The minimum absolute atomic E-state index is 0.137. The van der Waals surface area contributed by atoms with Crippen molar-refractivity contribution in [3.05, 3.63) is 52.6 Å². The Balaban J connectivity index is 1.87. The molecule has 1 aromatic carbocycles. The van der Waals surface area contributed by atoms with Crippen LogP contribution in [0.15, 0.2) is 30.5 Å². The molecule has 1 fully saturated rings. The monoisotopic (exact) mass is 307 g/mol. The standard InChI is InChI=1S/C15H15ClFN3O/c16-12-2-1-3-13(17)11(12)8-20(10-4-5-10)15(21)14-6-9(18)7-19-14/h1-3,6-7,10,19H,4-5,8,18H2. The van der Waals surface area contributed by atoms with Gasteiger partial charge in [-0.1, -0.05) is 17.7 Å². The number of nitrogens with zero attached hydrogens (tertiary/aromatic N) is 1. The Kier molecular flexibility index (Phi) is 3.59. The summed E-state index contributed by atoms with van der Waals surface area (Å²) in [5, 5.41) is 0.333. The molecule has 0 unspecified atom stereocenters. The number of nitrogens with one attached hydrogen (secondary N) is 1. The fourth-order valence-electron chi connectivity index (χ4n) is 2.30. The van der Waals surface area contributed by atoms with Crippen molar-refractivity contribution < 1.29 is 9.18 Å². The summed E-state index contributed by atoms with van der Waals surface area (Å²) in [6.07, 6.45) is 3.41. The Bertz CT molecular complexity index is 661. The fourth-order valence-corrected chi connectivity index (χ4v) is 2.52. The lowest BCUT2D eigenvalue weighted by molar-refractivity contribution is 0.0723. The van der Waals surface area contributed by atoms with E-state index in [0.29, 0.717) is 22.0 Å². The van der Waals surface area contributed by atoms with Crippen molar-refractivity contribution in [2.45, 2.75) is 25.4 Å². The van der Waals surface area contributed by atoms with Crippen molar-refractivity contribution in [2.75, 3.05) is 5.73 Å². The van der Waals surface area contributed by atoms with Gasteiger partial charge in [0.2, 0.25) is 0 Å². The lowest BCUT2D eigenvalue weighted by Gasteiger charge is -2.22. The van der Waals surface area contributed by atoms with E-state index < -0.39 is 5.82 Å². The van der Waals surface area contributed by atoms with Crippen LogP contribution in [0.2, 0.25) is 5.02 Å². The van der Waals surface area contributed by atoms with Gasteiger partial charge >= 0.3 is 0 Å². The number of carbonyl (C=O) groups excluding carboxylic acids is 1. The smallest absolute Gasteiger partial charge is 0.270 e. The van der Waals surface area contributed by atoms with Crippen molar-refractivity contribution in [1.82, 2.24) is 9.88 Å². The molecule has 1 amide bonds. The topological polar surface area (TPSA) is 62.1 Å². The third kappa shape index (κ3) is 2.88. The number of nitrogens with two attached hydrogens (primary N) is 1. The van der Waals surface area contributed by atoms with Gasteiger partial charge in [0.25, 0.3) is 5.91 Å². The number of benzene rings is 1. The van der Waals surface area contributed by atoms with Crippen molar-refractivity contribution >= 4 is 23.2 Å². The number of aromatic nitrogens is 1. The Morgan fingerprint density at radius 1 is 1.48 bits per heavy atom. The van der Waals surface area contributed by atoms with E-state index in [9.17, 15) is 9.18 Å². The van der Waals surface area contributed by atoms with Gasteiger partial charge in [0, 0.05) is 28.5 Å². The average molecular weight is 308 g/mol. The molecular formula is C15H15ClFN3O. The van der Waals surface area contributed by atoms with Gasteiger partial charge in [-0.2, -0.15) is 0 Å². The molecule has 110 valence electrons. The third-order valence-corrected chi connectivity index (χ3v) is 3.93. The van der Waals surface area contributed by atoms with Gasteiger partial charge in [-0.3, -0.25) is 4.79 Å². The highest BCUT2D eigenvalue weighted by molar-refractivity contribution is 6.31. The molecule has 2 aromatic rings. The first-order chi connectivity index (χ1) is 10.1. The molecule has 0 atom stereocenters. The van der Waals surface area contributed by atoms with Gasteiger partial charge in [-0.15, -0.1) is 0 Å². The van der Waals surface area contributed by atoms with Crippen LogP contribution >= 0.6 is 11.6 Å². The number of amides is 1. The van der Waals surface area contributed by atoms with Gasteiger partial charge in [0.15, 0.2) is 0 Å². The first-order valence-corrected chi connectivity index (χ1v) is 7.12. The minimum Gasteiger partial charge on any atom is -0.397 e. The van der Waals surface area contributed by atoms with Crippen LogP contribution < -0.4 is 5.73 Å². The molecule has 3 rings (SSSR count). The summed E-state index contributed by atoms with van der Waals surface area (Å²) in [5.41, 5.74) is 6.88. The molecule has 1 aromatic heterocycles. The van der Waals surface area contributed by atoms with E-state index in [1.165, 1.54) is 6.07 Å². The molecule has 1 saturated carbocycles. The number of rotatable bonds is 4. The first kappa shape index (κ1) is 13.9. The molecule has 0 radical (unpaired) electrons. The number of anilines is 1. The maximum absolute atomic E-state index is 13.9. The molecule has 0 saturated heterocycles. The zero-order valence-electron chi connectivity index (χ0n) is 11.3. The molecule has 1 aliphatic rings. The molecule has 1 heterocycles. The van der Waals surface area contributed by atoms with E-state index >= 15 is 0 Å². The number of aromatic amines is 1. The van der Waals surface area contributed by atoms with Gasteiger partial charge in [0.1, 0.15) is 11.5 Å². The maximum atomic E-state index is 13.9. The van der Waals surface area contributed by atoms with Crippen molar-refractivity contribution in [2.24, 2.45) is 0 Å². The van der Waals surface area contributed by atoms with Crippen LogP contribution in [0.5, 0.6) is 0 Å². The van der Waals surface area contributed by atoms with Crippen LogP contribution in [0.1, 0.15) is 28.9 Å². The molecule has 0 aliphatic heterocycles. The molecular weight excluding hydrogens is 293 g/mol. The highest BCUT2D eigenvalue weighted by Gasteiger charge is 2.34. The maximum Gasteiger partial charge on any atom is 0.270 e. The second-order valence-corrected chi connectivity index (χ2v) is 5.62. The molecule has 4 nitrogen and oxygen atoms in total. The number of nitrogen functional groups attached to an aromatic ring is 1. The highest BCUT2D eigenvalue weighted by atomic mass is 35.5. The molecule has 21 heavy (non-hydrogen) atoms. The Morgan fingerprint density at radius 3 is 2.81 bits per heavy atom. The summed E-state index contributed by atoms with van der Waals surface area (Å²) in [5.74, 6) is -0.583. The van der Waals surface area contributed by atoms with E-state index in [1.54, 1.807) is 29.3 Å². The van der Waals surface area contributed by atoms with Crippen LogP contribution in [0, 0.1) is 5.82 Å². The fraction of sp³-hybridized carbons (Fsp3) is 0.267. The number of H-pyrrole nitrogens is 1. The zero-order chi connectivity index (χ0) is 15.0. The largest absolute Gasteiger partial charge is 0.397 e. The average Bonchev–Trinajstić information content (AvgIpc) is 3.19. The summed E-state index contributed by atoms with van der Waals surface area (Å²) in [6.45, 7) is 0.161. The second-order valence-electron chi connectivity index (χ2n) is 5.21. The van der Waals surface area contributed by atoms with Gasteiger partial charge in [0.05, 0.1) is 6.54 Å². The predicted molar refractivity (Wildman–Crippen MR) is 79.5 cm³/mol. The quantitative estimate of drug-likeness (QED) is 0.911. The summed E-state index contributed by atoms with van der Waals surface area (Å²) < 4.78 is 13.9. The third-order valence-electron chi connectivity index (χ3n) is 3.57. The van der Waals surface area contributed by atoms with Crippen LogP contribution in [0.4, 0.5) is 10.1 Å². The zero-order valence-corrected chi connectivity index (χ0v) is 12.0. The second kappa shape index (κ2) is 5.41. The van der Waals surface area contributed by atoms with E-state index in [1.807, 2.05) is 0 Å². The Morgan fingerprint density at radius 2 is 2.24 bits per heavy atom. The lowest BCUT2D eigenvalue weighted by Crippen LogP contribution is -2.33. The van der Waals surface area contributed by atoms with Gasteiger partial charge in [-0.25, -0.2) is 4.39 Å². The predicted octanol–water partition coefficient (Wildman–Crippen LogP) is 3.19. The summed E-state index contributed by atoms with van der Waals surface area (Å²) in [4.78, 5) is 17.0. The van der Waals surface area contributed by atoms with Crippen LogP contribution in [-0.4, -0.2) is 21.8 Å². The molecule has 3 N–H and O–H groups in total. The number of hydrogen-bond donors (Lipinski definition) is 2. The number of halogens is 2. The first-order valence-electron chi connectivity index (χ1n) is 6.74. The van der Waals surface area contributed by atoms with Crippen molar-refractivity contribution in [3.8, 4) is 0 Å². The minimum atomic E-state index is -0.396.